The van der Waals surface area contributed by atoms with Crippen LogP contribution in [0.1, 0.15) is 47.5 Å². The van der Waals surface area contributed by atoms with Crippen LogP contribution in [0.2, 0.25) is 0 Å². The van der Waals surface area contributed by atoms with Crippen LogP contribution in [-0.2, 0) is 4.79 Å². The summed E-state index contributed by atoms with van der Waals surface area (Å²) >= 11 is 0. The van der Waals surface area contributed by atoms with Crippen molar-refractivity contribution in [2.24, 2.45) is 10.9 Å². The second-order valence-corrected chi connectivity index (χ2v) is 7.28. The highest BCUT2D eigenvalue weighted by molar-refractivity contribution is 14.0. The molecule has 0 spiro atoms. The number of likely N-dealkylation sites (tertiary alicyclic amines) is 1. The summed E-state index contributed by atoms with van der Waals surface area (Å²) in [5, 5.41) is 9.52. The molecule has 0 aliphatic carbocycles. The van der Waals surface area contributed by atoms with Gasteiger partial charge < -0.3 is 20.9 Å². The maximum atomic E-state index is 11.9. The molecule has 0 aromatic rings. The lowest BCUT2D eigenvalue weighted by Crippen LogP contribution is -2.45. The zero-order valence-electron chi connectivity index (χ0n) is 15.9. The topological polar surface area (TPSA) is 68.8 Å². The molecule has 0 aromatic heterocycles. The van der Waals surface area contributed by atoms with Gasteiger partial charge in [-0.05, 0) is 59.5 Å². The van der Waals surface area contributed by atoms with Gasteiger partial charge in [-0.2, -0.15) is 0 Å². The minimum absolute atomic E-state index is 0. The molecule has 1 saturated heterocycles. The SMILES string of the molecule is CCNC(=NCC(=O)NC(C)(C)C)NCC1CCCN(CC)C1.I. The van der Waals surface area contributed by atoms with E-state index in [9.17, 15) is 4.79 Å². The van der Waals surface area contributed by atoms with Crippen LogP contribution in [-0.4, -0.2) is 61.6 Å². The molecule has 0 bridgehead atoms. The third-order valence-electron chi connectivity index (χ3n) is 3.85. The molecule has 24 heavy (non-hydrogen) atoms. The van der Waals surface area contributed by atoms with Crippen LogP contribution < -0.4 is 16.0 Å². The summed E-state index contributed by atoms with van der Waals surface area (Å²) in [5.41, 5.74) is -0.218. The van der Waals surface area contributed by atoms with Gasteiger partial charge in [-0.3, -0.25) is 4.79 Å². The summed E-state index contributed by atoms with van der Waals surface area (Å²) in [6, 6.07) is 0. The van der Waals surface area contributed by atoms with E-state index in [1.807, 2.05) is 27.7 Å². The van der Waals surface area contributed by atoms with E-state index in [2.05, 4.69) is 32.8 Å². The van der Waals surface area contributed by atoms with Gasteiger partial charge in [0.2, 0.25) is 5.91 Å². The van der Waals surface area contributed by atoms with Crippen molar-refractivity contribution < 1.29 is 4.79 Å². The molecule has 0 radical (unpaired) electrons. The summed E-state index contributed by atoms with van der Waals surface area (Å²) in [5.74, 6) is 1.32. The fourth-order valence-corrected chi connectivity index (χ4v) is 2.80. The summed E-state index contributed by atoms with van der Waals surface area (Å²) in [4.78, 5) is 18.8. The first kappa shape index (κ1) is 23.4. The normalized spacial score (nSPS) is 19.4. The molecule has 1 heterocycles. The smallest absolute Gasteiger partial charge is 0.242 e. The van der Waals surface area contributed by atoms with Gasteiger partial charge in [-0.25, -0.2) is 4.99 Å². The second kappa shape index (κ2) is 11.9. The van der Waals surface area contributed by atoms with Gasteiger partial charge in [0.1, 0.15) is 6.54 Å². The zero-order valence-corrected chi connectivity index (χ0v) is 18.3. The number of carbonyl (C=O) groups is 1. The first-order chi connectivity index (χ1) is 10.8. The Morgan fingerprint density at radius 1 is 1.25 bits per heavy atom. The molecule has 1 fully saturated rings. The van der Waals surface area contributed by atoms with E-state index >= 15 is 0 Å². The lowest BCUT2D eigenvalue weighted by molar-refractivity contribution is -0.121. The van der Waals surface area contributed by atoms with Crippen molar-refractivity contribution in [3.63, 3.8) is 0 Å². The molecule has 6 nitrogen and oxygen atoms in total. The summed E-state index contributed by atoms with van der Waals surface area (Å²) in [7, 11) is 0. The number of nitrogens with one attached hydrogen (secondary N) is 3. The van der Waals surface area contributed by atoms with Gasteiger partial charge in [0.15, 0.2) is 5.96 Å². The predicted octanol–water partition coefficient (Wildman–Crippen LogP) is 1.81. The summed E-state index contributed by atoms with van der Waals surface area (Å²) in [6.45, 7) is 15.5. The Labute approximate surface area is 164 Å². The molecule has 1 rings (SSSR count). The lowest BCUT2D eigenvalue weighted by atomic mass is 9.98. The number of amides is 1. The van der Waals surface area contributed by atoms with Gasteiger partial charge in [-0.1, -0.05) is 6.92 Å². The van der Waals surface area contributed by atoms with Crippen molar-refractivity contribution in [3.8, 4) is 0 Å². The Kier molecular flexibility index (Phi) is 11.6. The monoisotopic (exact) mass is 453 g/mol. The fourth-order valence-electron chi connectivity index (χ4n) is 2.80. The van der Waals surface area contributed by atoms with Gasteiger partial charge in [0, 0.05) is 25.2 Å². The molecule has 3 N–H and O–H groups in total. The van der Waals surface area contributed by atoms with Gasteiger partial charge in [0.25, 0.3) is 0 Å². The summed E-state index contributed by atoms with van der Waals surface area (Å²) < 4.78 is 0. The number of hydrogen-bond acceptors (Lipinski definition) is 3. The third-order valence-corrected chi connectivity index (χ3v) is 3.85. The van der Waals surface area contributed by atoms with Gasteiger partial charge in [0.05, 0.1) is 0 Å². The Morgan fingerprint density at radius 2 is 1.96 bits per heavy atom. The highest BCUT2D eigenvalue weighted by Crippen LogP contribution is 2.15. The maximum Gasteiger partial charge on any atom is 0.242 e. The molecule has 142 valence electrons. The minimum Gasteiger partial charge on any atom is -0.357 e. The van der Waals surface area contributed by atoms with E-state index in [-0.39, 0.29) is 42.0 Å². The Bertz CT molecular complexity index is 395. The van der Waals surface area contributed by atoms with Crippen LogP contribution in [0.4, 0.5) is 0 Å². The number of piperidine rings is 1. The quantitative estimate of drug-likeness (QED) is 0.326. The van der Waals surface area contributed by atoms with Gasteiger partial charge in [-0.15, -0.1) is 24.0 Å². The van der Waals surface area contributed by atoms with E-state index in [0.29, 0.717) is 5.92 Å². The molecule has 1 aliphatic heterocycles. The van der Waals surface area contributed by atoms with E-state index in [0.717, 1.165) is 32.1 Å². The highest BCUT2D eigenvalue weighted by atomic mass is 127. The molecule has 0 aromatic carbocycles. The average Bonchev–Trinajstić information content (AvgIpc) is 2.48. The van der Waals surface area contributed by atoms with Crippen molar-refractivity contribution in [1.82, 2.24) is 20.9 Å². The standard InChI is InChI=1S/C17H35N5O.HI/c1-6-18-16(20-12-15(23)21-17(3,4)5)19-11-14-9-8-10-22(7-2)13-14;/h14H,6-13H2,1-5H3,(H,21,23)(H2,18,19,20);1H. The minimum atomic E-state index is -0.218. The number of nitrogens with zero attached hydrogens (tertiary/aromatic N) is 2. The predicted molar refractivity (Wildman–Crippen MR) is 112 cm³/mol. The zero-order chi connectivity index (χ0) is 17.3. The maximum absolute atomic E-state index is 11.9. The van der Waals surface area contributed by atoms with Crippen LogP contribution in [0.5, 0.6) is 0 Å². The molecule has 1 atom stereocenters. The van der Waals surface area contributed by atoms with Crippen molar-refractivity contribution in [2.45, 2.75) is 53.0 Å². The Balaban J connectivity index is 0.00000529. The Morgan fingerprint density at radius 3 is 2.54 bits per heavy atom. The van der Waals surface area contributed by atoms with E-state index in [1.165, 1.54) is 19.4 Å². The number of aliphatic imine (C=N–C) groups is 1. The molecule has 1 unspecified atom stereocenters. The molecule has 7 heteroatoms. The molecule has 1 amide bonds. The van der Waals surface area contributed by atoms with Crippen molar-refractivity contribution in [3.05, 3.63) is 0 Å². The van der Waals surface area contributed by atoms with E-state index in [4.69, 9.17) is 0 Å². The van der Waals surface area contributed by atoms with Gasteiger partial charge >= 0.3 is 0 Å². The van der Waals surface area contributed by atoms with Crippen LogP contribution in [0, 0.1) is 5.92 Å². The molecule has 0 saturated carbocycles. The van der Waals surface area contributed by atoms with Crippen molar-refractivity contribution in [1.29, 1.82) is 0 Å². The van der Waals surface area contributed by atoms with Crippen LogP contribution in [0.3, 0.4) is 0 Å². The molecular formula is C17H36IN5O. The average molecular weight is 453 g/mol. The second-order valence-electron chi connectivity index (χ2n) is 7.28. The van der Waals surface area contributed by atoms with Crippen molar-refractivity contribution in [2.75, 3.05) is 39.3 Å². The fraction of sp³-hybridized carbons (Fsp3) is 0.882. The first-order valence-electron chi connectivity index (χ1n) is 8.89. The first-order valence-corrected chi connectivity index (χ1v) is 8.89. The largest absolute Gasteiger partial charge is 0.357 e. The highest BCUT2D eigenvalue weighted by Gasteiger charge is 2.19. The van der Waals surface area contributed by atoms with Crippen LogP contribution in [0.25, 0.3) is 0 Å². The Hall–Kier alpha value is -0.570. The van der Waals surface area contributed by atoms with E-state index < -0.39 is 0 Å². The lowest BCUT2D eigenvalue weighted by Gasteiger charge is -2.32. The molecular weight excluding hydrogens is 417 g/mol. The van der Waals surface area contributed by atoms with Crippen molar-refractivity contribution >= 4 is 35.8 Å². The van der Waals surface area contributed by atoms with E-state index in [1.54, 1.807) is 0 Å². The number of halogens is 1. The molecule has 1 aliphatic rings. The summed E-state index contributed by atoms with van der Waals surface area (Å²) in [6.07, 6.45) is 2.52. The number of guanidine groups is 1. The van der Waals surface area contributed by atoms with Crippen LogP contribution in [0.15, 0.2) is 4.99 Å². The third kappa shape index (κ3) is 10.3. The number of carbonyl (C=O) groups excluding carboxylic acids is 1. The number of rotatable bonds is 6. The van der Waals surface area contributed by atoms with Crippen LogP contribution >= 0.6 is 24.0 Å². The number of hydrogen-bond donors (Lipinski definition) is 3.